The number of halogens is 1. The van der Waals surface area contributed by atoms with Crippen LogP contribution >= 0.6 is 11.6 Å². The zero-order valence-electron chi connectivity index (χ0n) is 7.56. The molecule has 0 aromatic carbocycles. The Balaban J connectivity index is 2.17. The summed E-state index contributed by atoms with van der Waals surface area (Å²) in [5.41, 5.74) is 0. The lowest BCUT2D eigenvalue weighted by Gasteiger charge is -2.03. The molecule has 0 unspecified atom stereocenters. The van der Waals surface area contributed by atoms with Crippen LogP contribution in [0.5, 0.6) is 0 Å². The molecule has 14 heavy (non-hydrogen) atoms. The lowest BCUT2D eigenvalue weighted by Crippen LogP contribution is -2.26. The van der Waals surface area contributed by atoms with E-state index in [1.165, 1.54) is 0 Å². The van der Waals surface area contributed by atoms with E-state index in [4.69, 9.17) is 11.6 Å². The minimum Gasteiger partial charge on any atom is -0.337 e. The van der Waals surface area contributed by atoms with Crippen molar-refractivity contribution in [2.75, 3.05) is 11.8 Å². The third-order valence-electron chi connectivity index (χ3n) is 1.62. The molecule has 0 aliphatic carbocycles. The Labute approximate surface area is 88.1 Å². The summed E-state index contributed by atoms with van der Waals surface area (Å²) >= 11 is 5.21. The van der Waals surface area contributed by atoms with Crippen LogP contribution in [-0.2, 0) is 16.6 Å². The third-order valence-corrected chi connectivity index (χ3v) is 3.41. The maximum atomic E-state index is 10.9. The van der Waals surface area contributed by atoms with E-state index in [2.05, 4.69) is 9.71 Å². The lowest BCUT2D eigenvalue weighted by molar-refractivity contribution is 0.574. The Morgan fingerprint density at radius 2 is 2.29 bits per heavy atom. The Kier molecular flexibility index (Phi) is 4.37. The molecule has 1 rings (SSSR count). The fourth-order valence-electron chi connectivity index (χ4n) is 0.947. The van der Waals surface area contributed by atoms with E-state index >= 15 is 0 Å². The van der Waals surface area contributed by atoms with Crippen molar-refractivity contribution in [1.29, 1.82) is 0 Å². The first-order valence-corrected chi connectivity index (χ1v) is 6.32. The Morgan fingerprint density at radius 1 is 1.50 bits per heavy atom. The van der Waals surface area contributed by atoms with E-state index in [1.54, 1.807) is 12.5 Å². The molecule has 1 N–H and O–H groups in total. The normalized spacial score (nSPS) is 11.8. The Bertz CT molecular complexity index is 349. The van der Waals surface area contributed by atoms with E-state index in [0.29, 0.717) is 13.0 Å². The Hall–Kier alpha value is -0.590. The number of sulfonamides is 1. The van der Waals surface area contributed by atoms with Crippen molar-refractivity contribution < 1.29 is 8.42 Å². The molecule has 0 bridgehead atoms. The highest BCUT2D eigenvalue weighted by molar-refractivity contribution is 7.90. The summed E-state index contributed by atoms with van der Waals surface area (Å²) in [6, 6.07) is 0. The lowest BCUT2D eigenvalue weighted by atomic mass is 10.4. The van der Waals surface area contributed by atoms with Crippen LogP contribution in [0.25, 0.3) is 0 Å². The van der Waals surface area contributed by atoms with Gasteiger partial charge in [0.25, 0.3) is 0 Å². The smallest absolute Gasteiger partial charge is 0.225 e. The van der Waals surface area contributed by atoms with Gasteiger partial charge in [-0.15, -0.1) is 11.6 Å². The highest BCUT2D eigenvalue weighted by atomic mass is 35.5. The van der Waals surface area contributed by atoms with Crippen LogP contribution in [0.2, 0.25) is 0 Å². The molecule has 0 saturated carbocycles. The fourth-order valence-corrected chi connectivity index (χ4v) is 1.71. The second kappa shape index (κ2) is 5.33. The van der Waals surface area contributed by atoms with Crippen molar-refractivity contribution in [3.63, 3.8) is 0 Å². The van der Waals surface area contributed by atoms with Crippen molar-refractivity contribution in [2.24, 2.45) is 0 Å². The maximum Gasteiger partial charge on any atom is 0.225 e. The zero-order valence-corrected chi connectivity index (χ0v) is 9.13. The van der Waals surface area contributed by atoms with Crippen LogP contribution in [0.4, 0.5) is 0 Å². The van der Waals surface area contributed by atoms with E-state index in [9.17, 15) is 8.42 Å². The van der Waals surface area contributed by atoms with Crippen molar-refractivity contribution in [2.45, 2.75) is 13.0 Å². The van der Waals surface area contributed by atoms with Crippen molar-refractivity contribution in [3.05, 3.63) is 18.7 Å². The molecule has 0 atom stereocenters. The number of hydrogen-bond donors (Lipinski definition) is 1. The predicted octanol–water partition coefficient (Wildman–Crippen LogP) is 0.389. The van der Waals surface area contributed by atoms with Crippen LogP contribution in [0, 0.1) is 0 Å². The van der Waals surface area contributed by atoms with Crippen LogP contribution in [0.1, 0.15) is 6.42 Å². The largest absolute Gasteiger partial charge is 0.337 e. The second-order valence-electron chi connectivity index (χ2n) is 2.77. The van der Waals surface area contributed by atoms with Crippen molar-refractivity contribution in [1.82, 2.24) is 14.3 Å². The average Bonchev–Trinajstić information content (AvgIpc) is 2.65. The molecule has 0 aliphatic heterocycles. The van der Waals surface area contributed by atoms with Crippen LogP contribution in [0.15, 0.2) is 18.7 Å². The second-order valence-corrected chi connectivity index (χ2v) is 5.16. The van der Waals surface area contributed by atoms with Gasteiger partial charge in [0, 0.05) is 25.5 Å². The molecule has 5 nitrogen and oxygen atoms in total. The topological polar surface area (TPSA) is 64.0 Å². The summed E-state index contributed by atoms with van der Waals surface area (Å²) in [4.78, 5) is 3.87. The zero-order chi connectivity index (χ0) is 10.4. The van der Waals surface area contributed by atoms with Crippen LogP contribution in [-0.4, -0.2) is 29.7 Å². The number of aromatic nitrogens is 2. The molecule has 0 fully saturated rings. The van der Waals surface area contributed by atoms with E-state index < -0.39 is 15.2 Å². The summed E-state index contributed by atoms with van der Waals surface area (Å²) in [7, 11) is -3.27. The summed E-state index contributed by atoms with van der Waals surface area (Å²) < 4.78 is 26.1. The van der Waals surface area contributed by atoms with Gasteiger partial charge in [-0.25, -0.2) is 18.1 Å². The van der Waals surface area contributed by atoms with Gasteiger partial charge in [-0.05, 0) is 6.42 Å². The predicted molar refractivity (Wildman–Crippen MR) is 54.5 cm³/mol. The number of imidazole rings is 1. The van der Waals surface area contributed by atoms with Gasteiger partial charge >= 0.3 is 0 Å². The van der Waals surface area contributed by atoms with Gasteiger partial charge in [-0.3, -0.25) is 0 Å². The van der Waals surface area contributed by atoms with Gasteiger partial charge < -0.3 is 4.57 Å². The van der Waals surface area contributed by atoms with Gasteiger partial charge in [-0.2, -0.15) is 0 Å². The Morgan fingerprint density at radius 3 is 2.86 bits per heavy atom. The quantitative estimate of drug-likeness (QED) is 0.575. The SMILES string of the molecule is O=S(=O)(CCl)NCCCn1ccnc1. The molecule has 1 heterocycles. The van der Waals surface area contributed by atoms with Crippen molar-refractivity contribution in [3.8, 4) is 0 Å². The van der Waals surface area contributed by atoms with E-state index in [-0.39, 0.29) is 0 Å². The number of rotatable bonds is 6. The number of hydrogen-bond acceptors (Lipinski definition) is 3. The van der Waals surface area contributed by atoms with Gasteiger partial charge in [0.1, 0.15) is 5.21 Å². The minimum atomic E-state index is -3.27. The number of nitrogens with one attached hydrogen (secondary N) is 1. The number of nitrogens with zero attached hydrogens (tertiary/aromatic N) is 2. The summed E-state index contributed by atoms with van der Waals surface area (Å²) in [5, 5.41) is -0.391. The summed E-state index contributed by atoms with van der Waals surface area (Å²) in [6.07, 6.45) is 5.92. The molecule has 0 spiro atoms. The van der Waals surface area contributed by atoms with E-state index in [0.717, 1.165) is 6.54 Å². The molecular formula is C7H12ClN3O2S. The molecule has 0 aliphatic rings. The van der Waals surface area contributed by atoms with Crippen LogP contribution in [0.3, 0.4) is 0 Å². The van der Waals surface area contributed by atoms with Crippen LogP contribution < -0.4 is 4.72 Å². The first kappa shape index (κ1) is 11.5. The monoisotopic (exact) mass is 237 g/mol. The fraction of sp³-hybridized carbons (Fsp3) is 0.571. The average molecular weight is 238 g/mol. The molecule has 0 saturated heterocycles. The van der Waals surface area contributed by atoms with Gasteiger partial charge in [0.2, 0.25) is 10.0 Å². The third kappa shape index (κ3) is 4.08. The first-order chi connectivity index (χ1) is 6.64. The van der Waals surface area contributed by atoms with Gasteiger partial charge in [-0.1, -0.05) is 0 Å². The molecule has 0 amide bonds. The number of alkyl halides is 1. The highest BCUT2D eigenvalue weighted by Crippen LogP contribution is 1.92. The van der Waals surface area contributed by atoms with Gasteiger partial charge in [0.15, 0.2) is 0 Å². The molecule has 80 valence electrons. The molecule has 7 heteroatoms. The molecule has 1 aromatic heterocycles. The molecular weight excluding hydrogens is 226 g/mol. The number of aryl methyl sites for hydroxylation is 1. The standard InChI is InChI=1S/C7H12ClN3O2S/c8-6-14(12,13)10-2-1-4-11-5-3-9-7-11/h3,5,7,10H,1-2,4,6H2. The molecule has 0 radical (unpaired) electrons. The summed E-state index contributed by atoms with van der Waals surface area (Å²) in [6.45, 7) is 1.14. The minimum absolute atomic E-state index is 0.391. The van der Waals surface area contributed by atoms with Gasteiger partial charge in [0.05, 0.1) is 6.33 Å². The maximum absolute atomic E-state index is 10.9. The van der Waals surface area contributed by atoms with E-state index in [1.807, 2.05) is 10.8 Å². The molecule has 1 aromatic rings. The summed E-state index contributed by atoms with van der Waals surface area (Å²) in [5.74, 6) is 0. The highest BCUT2D eigenvalue weighted by Gasteiger charge is 2.05. The first-order valence-electron chi connectivity index (χ1n) is 4.13. The van der Waals surface area contributed by atoms with Crippen molar-refractivity contribution >= 4 is 21.6 Å².